The number of aromatic nitrogens is 2. The molecule has 1 fully saturated rings. The Morgan fingerprint density at radius 2 is 2.00 bits per heavy atom. The lowest BCUT2D eigenvalue weighted by molar-refractivity contribution is -0.124. The number of nitrogens with one attached hydrogen (secondary N) is 1. The molecule has 0 aliphatic carbocycles. The molecule has 7 nitrogen and oxygen atoms in total. The molecular formula is C20H22N4O3. The van der Waals surface area contributed by atoms with Crippen LogP contribution in [0.2, 0.25) is 0 Å². The lowest BCUT2D eigenvalue weighted by atomic mass is 10.0. The number of imidazole rings is 1. The first-order valence-corrected chi connectivity index (χ1v) is 9.17. The van der Waals surface area contributed by atoms with Crippen LogP contribution >= 0.6 is 0 Å². The topological polar surface area (TPSA) is 80.4 Å². The van der Waals surface area contributed by atoms with E-state index in [4.69, 9.17) is 4.42 Å². The standard InChI is InChI=1S/C20H22N4O3/c1-14(24-13-21-17-4-2-3-5-18(17)24)19(25)22-16-6-9-23(10-7-16)20(26)15-8-11-27-12-15/h2-5,8,11-14,16H,6-7,9-10H2,1H3,(H,22,25). The number of para-hydroxylation sites is 2. The van der Waals surface area contributed by atoms with Crippen molar-refractivity contribution < 1.29 is 14.0 Å². The molecule has 2 aromatic heterocycles. The summed E-state index contributed by atoms with van der Waals surface area (Å²) in [6, 6.07) is 9.18. The zero-order chi connectivity index (χ0) is 18.8. The molecule has 1 aromatic carbocycles. The number of rotatable bonds is 4. The van der Waals surface area contributed by atoms with Gasteiger partial charge in [-0.15, -0.1) is 0 Å². The Kier molecular flexibility index (Phi) is 4.66. The lowest BCUT2D eigenvalue weighted by Gasteiger charge is -2.32. The molecule has 2 amide bonds. The quantitative estimate of drug-likeness (QED) is 0.770. The predicted molar refractivity (Wildman–Crippen MR) is 100 cm³/mol. The average Bonchev–Trinajstić information content (AvgIpc) is 3.37. The van der Waals surface area contributed by atoms with E-state index in [0.717, 1.165) is 23.9 Å². The molecule has 1 unspecified atom stereocenters. The highest BCUT2D eigenvalue weighted by atomic mass is 16.3. The lowest BCUT2D eigenvalue weighted by Crippen LogP contribution is -2.47. The summed E-state index contributed by atoms with van der Waals surface area (Å²) >= 11 is 0. The summed E-state index contributed by atoms with van der Waals surface area (Å²) in [7, 11) is 0. The van der Waals surface area contributed by atoms with Crippen molar-refractivity contribution in [3.63, 3.8) is 0 Å². The monoisotopic (exact) mass is 366 g/mol. The second-order valence-corrected chi connectivity index (χ2v) is 6.90. The van der Waals surface area contributed by atoms with Crippen molar-refractivity contribution in [1.29, 1.82) is 0 Å². The first-order valence-electron chi connectivity index (χ1n) is 9.17. The largest absolute Gasteiger partial charge is 0.472 e. The maximum Gasteiger partial charge on any atom is 0.257 e. The third-order valence-electron chi connectivity index (χ3n) is 5.17. The highest BCUT2D eigenvalue weighted by Gasteiger charge is 2.26. The number of carbonyl (C=O) groups excluding carboxylic acids is 2. The van der Waals surface area contributed by atoms with E-state index in [9.17, 15) is 9.59 Å². The minimum absolute atomic E-state index is 0.0215. The first kappa shape index (κ1) is 17.3. The second kappa shape index (κ2) is 7.26. The smallest absolute Gasteiger partial charge is 0.257 e. The van der Waals surface area contributed by atoms with E-state index < -0.39 is 0 Å². The Hall–Kier alpha value is -3.09. The third-order valence-corrected chi connectivity index (χ3v) is 5.17. The molecule has 0 spiro atoms. The molecule has 0 saturated carbocycles. The van der Waals surface area contributed by atoms with E-state index >= 15 is 0 Å². The van der Waals surface area contributed by atoms with E-state index in [2.05, 4.69) is 10.3 Å². The van der Waals surface area contributed by atoms with Gasteiger partial charge in [0.15, 0.2) is 0 Å². The molecule has 1 atom stereocenters. The Labute approximate surface area is 157 Å². The number of amides is 2. The van der Waals surface area contributed by atoms with Crippen LogP contribution in [0.3, 0.4) is 0 Å². The van der Waals surface area contributed by atoms with Crippen LogP contribution in [0.4, 0.5) is 0 Å². The first-order chi connectivity index (χ1) is 13.1. The number of hydrogen-bond acceptors (Lipinski definition) is 4. The third kappa shape index (κ3) is 3.45. The summed E-state index contributed by atoms with van der Waals surface area (Å²) in [5.41, 5.74) is 2.39. The van der Waals surface area contributed by atoms with Crippen molar-refractivity contribution in [3.05, 3.63) is 54.7 Å². The highest BCUT2D eigenvalue weighted by molar-refractivity contribution is 5.93. The molecule has 1 saturated heterocycles. The number of benzene rings is 1. The molecule has 27 heavy (non-hydrogen) atoms. The Morgan fingerprint density at radius 3 is 2.74 bits per heavy atom. The van der Waals surface area contributed by atoms with Crippen LogP contribution in [-0.2, 0) is 4.79 Å². The van der Waals surface area contributed by atoms with E-state index in [1.54, 1.807) is 17.3 Å². The Balaban J connectivity index is 1.35. The molecule has 1 aliphatic heterocycles. The van der Waals surface area contributed by atoms with Gasteiger partial charge in [-0.1, -0.05) is 12.1 Å². The number of likely N-dealkylation sites (tertiary alicyclic amines) is 1. The van der Waals surface area contributed by atoms with E-state index in [0.29, 0.717) is 18.7 Å². The molecule has 7 heteroatoms. The van der Waals surface area contributed by atoms with Crippen molar-refractivity contribution in [2.75, 3.05) is 13.1 Å². The number of fused-ring (bicyclic) bond motifs is 1. The zero-order valence-electron chi connectivity index (χ0n) is 15.2. The minimum Gasteiger partial charge on any atom is -0.472 e. The number of hydrogen-bond donors (Lipinski definition) is 1. The maximum atomic E-state index is 12.7. The van der Waals surface area contributed by atoms with Crippen LogP contribution in [0.1, 0.15) is 36.2 Å². The molecular weight excluding hydrogens is 344 g/mol. The summed E-state index contributed by atoms with van der Waals surface area (Å²) < 4.78 is 6.87. The van der Waals surface area contributed by atoms with Crippen molar-refractivity contribution in [1.82, 2.24) is 19.8 Å². The van der Waals surface area contributed by atoms with E-state index in [1.165, 1.54) is 12.5 Å². The van der Waals surface area contributed by atoms with Crippen LogP contribution < -0.4 is 5.32 Å². The molecule has 0 bridgehead atoms. The summed E-state index contributed by atoms with van der Waals surface area (Å²) in [5, 5.41) is 3.12. The van der Waals surface area contributed by atoms with Crippen LogP contribution in [0, 0.1) is 0 Å². The average molecular weight is 366 g/mol. The Morgan fingerprint density at radius 1 is 1.22 bits per heavy atom. The van der Waals surface area contributed by atoms with Gasteiger partial charge in [0.05, 0.1) is 29.2 Å². The molecule has 3 aromatic rings. The summed E-state index contributed by atoms with van der Waals surface area (Å²) in [6.07, 6.45) is 6.16. The summed E-state index contributed by atoms with van der Waals surface area (Å²) in [6.45, 7) is 3.12. The van der Waals surface area contributed by atoms with Gasteiger partial charge in [0.25, 0.3) is 5.91 Å². The SMILES string of the molecule is CC(C(=O)NC1CCN(C(=O)c2ccoc2)CC1)n1cnc2ccccc21. The zero-order valence-corrected chi connectivity index (χ0v) is 15.2. The van der Waals surface area contributed by atoms with Crippen molar-refractivity contribution in [2.45, 2.75) is 31.8 Å². The van der Waals surface area contributed by atoms with Gasteiger partial charge >= 0.3 is 0 Å². The summed E-state index contributed by atoms with van der Waals surface area (Å²) in [4.78, 5) is 31.2. The van der Waals surface area contributed by atoms with Crippen molar-refractivity contribution in [3.8, 4) is 0 Å². The van der Waals surface area contributed by atoms with Crippen LogP contribution in [0.25, 0.3) is 11.0 Å². The van der Waals surface area contributed by atoms with Gasteiger partial charge in [-0.3, -0.25) is 9.59 Å². The van der Waals surface area contributed by atoms with Crippen molar-refractivity contribution >= 4 is 22.8 Å². The molecule has 3 heterocycles. The van der Waals surface area contributed by atoms with Gasteiger partial charge in [-0.25, -0.2) is 4.98 Å². The number of nitrogens with zero attached hydrogens (tertiary/aromatic N) is 3. The molecule has 1 N–H and O–H groups in total. The highest BCUT2D eigenvalue weighted by Crippen LogP contribution is 2.19. The van der Waals surface area contributed by atoms with Crippen LogP contribution in [0.5, 0.6) is 0 Å². The fourth-order valence-corrected chi connectivity index (χ4v) is 3.53. The van der Waals surface area contributed by atoms with Gasteiger partial charge in [0, 0.05) is 19.1 Å². The van der Waals surface area contributed by atoms with Gasteiger partial charge in [-0.05, 0) is 38.0 Å². The summed E-state index contributed by atoms with van der Waals surface area (Å²) in [5.74, 6) is -0.0513. The van der Waals surface area contributed by atoms with Crippen LogP contribution in [0.15, 0.2) is 53.6 Å². The predicted octanol–water partition coefficient (Wildman–Crippen LogP) is 2.61. The van der Waals surface area contributed by atoms with Crippen LogP contribution in [-0.4, -0.2) is 45.4 Å². The number of carbonyl (C=O) groups is 2. The molecule has 1 aliphatic rings. The molecule has 140 valence electrons. The normalized spacial score (nSPS) is 16.4. The van der Waals surface area contributed by atoms with Gasteiger partial charge < -0.3 is 19.2 Å². The van der Waals surface area contributed by atoms with E-state index in [1.807, 2.05) is 35.8 Å². The fourth-order valence-electron chi connectivity index (χ4n) is 3.53. The number of piperidine rings is 1. The second-order valence-electron chi connectivity index (χ2n) is 6.90. The fraction of sp³-hybridized carbons (Fsp3) is 0.350. The minimum atomic E-state index is -0.344. The van der Waals surface area contributed by atoms with Crippen molar-refractivity contribution in [2.24, 2.45) is 0 Å². The van der Waals surface area contributed by atoms with E-state index in [-0.39, 0.29) is 23.9 Å². The van der Waals surface area contributed by atoms with Gasteiger partial charge in [0.1, 0.15) is 12.3 Å². The Bertz CT molecular complexity index is 939. The van der Waals surface area contributed by atoms with Gasteiger partial charge in [-0.2, -0.15) is 0 Å². The maximum absolute atomic E-state index is 12.7. The number of furan rings is 1. The molecule has 4 rings (SSSR count). The molecule has 0 radical (unpaired) electrons. The van der Waals surface area contributed by atoms with Gasteiger partial charge in [0.2, 0.25) is 5.91 Å².